The number of nitrogens with two attached hydrogens (primary N) is 1. The average molecular weight is 270 g/mol. The molecule has 0 saturated carbocycles. The summed E-state index contributed by atoms with van der Waals surface area (Å²) < 4.78 is 0. The Morgan fingerprint density at radius 2 is 2.20 bits per heavy atom. The van der Waals surface area contributed by atoms with E-state index in [9.17, 15) is 4.79 Å². The van der Waals surface area contributed by atoms with Gasteiger partial charge in [0.15, 0.2) is 0 Å². The second-order valence-corrected chi connectivity index (χ2v) is 5.33. The molecular weight excluding hydrogens is 252 g/mol. The van der Waals surface area contributed by atoms with E-state index in [2.05, 4.69) is 27.2 Å². The largest absolute Gasteiger partial charge is 0.368 e. The zero-order valence-electron chi connectivity index (χ0n) is 11.5. The number of fused-ring (bicyclic) bond motifs is 1. The van der Waals surface area contributed by atoms with Gasteiger partial charge in [0.2, 0.25) is 5.91 Å². The molecule has 0 fully saturated rings. The Hall–Kier alpha value is -2.14. The third-order valence-corrected chi connectivity index (χ3v) is 3.97. The van der Waals surface area contributed by atoms with Gasteiger partial charge in [-0.05, 0) is 30.0 Å². The molecule has 5 heteroatoms. The minimum Gasteiger partial charge on any atom is -0.368 e. The van der Waals surface area contributed by atoms with Crippen molar-refractivity contribution < 1.29 is 4.79 Å². The molecule has 1 aliphatic heterocycles. The molecule has 20 heavy (non-hydrogen) atoms. The van der Waals surface area contributed by atoms with Crippen LogP contribution >= 0.6 is 0 Å². The van der Waals surface area contributed by atoms with Crippen molar-refractivity contribution >= 4 is 5.91 Å². The molecule has 0 bridgehead atoms. The van der Waals surface area contributed by atoms with E-state index in [1.807, 2.05) is 19.1 Å². The van der Waals surface area contributed by atoms with Gasteiger partial charge in [-0.3, -0.25) is 14.8 Å². The van der Waals surface area contributed by atoms with Crippen molar-refractivity contribution in [1.82, 2.24) is 15.1 Å². The summed E-state index contributed by atoms with van der Waals surface area (Å²) in [7, 11) is 0. The van der Waals surface area contributed by atoms with E-state index in [-0.39, 0.29) is 11.9 Å². The molecule has 0 spiro atoms. The molecule has 1 amide bonds. The second kappa shape index (κ2) is 5.09. The zero-order valence-corrected chi connectivity index (χ0v) is 11.5. The molecule has 2 heterocycles. The molecule has 3 N–H and O–H groups in total. The summed E-state index contributed by atoms with van der Waals surface area (Å²) in [5.74, 6) is -0.267. The number of aromatic nitrogens is 2. The number of aryl methyl sites for hydroxylation is 1. The van der Waals surface area contributed by atoms with Crippen LogP contribution in [0.4, 0.5) is 0 Å². The normalized spacial score (nSPS) is 18.8. The first-order valence-corrected chi connectivity index (χ1v) is 6.74. The van der Waals surface area contributed by atoms with Gasteiger partial charge in [-0.1, -0.05) is 24.3 Å². The average Bonchev–Trinajstić information content (AvgIpc) is 2.83. The number of aromatic amines is 1. The second-order valence-electron chi connectivity index (χ2n) is 5.33. The maximum absolute atomic E-state index is 11.7. The maximum Gasteiger partial charge on any atom is 0.235 e. The highest BCUT2D eigenvalue weighted by Gasteiger charge is 2.30. The number of primary amides is 1. The van der Waals surface area contributed by atoms with Gasteiger partial charge < -0.3 is 5.73 Å². The third kappa shape index (κ3) is 2.32. The van der Waals surface area contributed by atoms with Gasteiger partial charge in [0.25, 0.3) is 0 Å². The molecule has 1 atom stereocenters. The monoisotopic (exact) mass is 270 g/mol. The van der Waals surface area contributed by atoms with Crippen LogP contribution in [0.5, 0.6) is 0 Å². The van der Waals surface area contributed by atoms with Crippen LogP contribution in [-0.4, -0.2) is 27.0 Å². The van der Waals surface area contributed by atoms with E-state index in [1.165, 1.54) is 11.1 Å². The minimum atomic E-state index is -0.267. The Kier molecular flexibility index (Phi) is 3.28. The Bertz CT molecular complexity index is 634. The number of amides is 1. The predicted octanol–water partition coefficient (Wildman–Crippen LogP) is 1.13. The van der Waals surface area contributed by atoms with Crippen molar-refractivity contribution in [2.45, 2.75) is 32.5 Å². The van der Waals surface area contributed by atoms with Gasteiger partial charge in [-0.25, -0.2) is 0 Å². The summed E-state index contributed by atoms with van der Waals surface area (Å²) in [4.78, 5) is 13.9. The Morgan fingerprint density at radius 1 is 1.45 bits per heavy atom. The van der Waals surface area contributed by atoms with Crippen LogP contribution in [0.25, 0.3) is 0 Å². The van der Waals surface area contributed by atoms with Crippen LogP contribution < -0.4 is 5.73 Å². The molecule has 1 aromatic heterocycles. The van der Waals surface area contributed by atoms with Gasteiger partial charge in [0, 0.05) is 13.1 Å². The fourth-order valence-electron chi connectivity index (χ4n) is 2.76. The quantitative estimate of drug-likeness (QED) is 0.878. The van der Waals surface area contributed by atoms with E-state index in [0.717, 1.165) is 17.8 Å². The number of nitrogens with zero attached hydrogens (tertiary/aromatic N) is 2. The lowest BCUT2D eigenvalue weighted by Crippen LogP contribution is -2.48. The van der Waals surface area contributed by atoms with Crippen LogP contribution in [0.2, 0.25) is 0 Å². The molecule has 1 aromatic carbocycles. The molecule has 0 radical (unpaired) electrons. The number of carbonyl (C=O) groups excluding carboxylic acids is 1. The van der Waals surface area contributed by atoms with E-state index < -0.39 is 0 Å². The van der Waals surface area contributed by atoms with Crippen molar-refractivity contribution in [3.05, 3.63) is 52.8 Å². The topological polar surface area (TPSA) is 75.0 Å². The first-order chi connectivity index (χ1) is 9.65. The van der Waals surface area contributed by atoms with E-state index in [0.29, 0.717) is 13.0 Å². The van der Waals surface area contributed by atoms with Crippen molar-refractivity contribution in [2.75, 3.05) is 0 Å². The van der Waals surface area contributed by atoms with Crippen molar-refractivity contribution in [2.24, 2.45) is 5.73 Å². The number of H-pyrrole nitrogens is 1. The fourth-order valence-corrected chi connectivity index (χ4v) is 2.76. The van der Waals surface area contributed by atoms with Gasteiger partial charge in [-0.2, -0.15) is 5.10 Å². The standard InChI is InChI=1S/C15H18N4O/c1-10-7-17-18-13(10)9-19-8-12-5-3-2-4-11(12)6-14(19)15(16)20/h2-5,7,14H,6,8-9H2,1H3,(H2,16,20)(H,17,18)/t14-/m1/s1. The smallest absolute Gasteiger partial charge is 0.235 e. The van der Waals surface area contributed by atoms with Gasteiger partial charge >= 0.3 is 0 Å². The highest BCUT2D eigenvalue weighted by atomic mass is 16.1. The number of rotatable bonds is 3. The van der Waals surface area contributed by atoms with Crippen LogP contribution in [0.15, 0.2) is 30.5 Å². The first-order valence-electron chi connectivity index (χ1n) is 6.74. The van der Waals surface area contributed by atoms with Crippen LogP contribution in [0.1, 0.15) is 22.4 Å². The fraction of sp³-hybridized carbons (Fsp3) is 0.333. The number of carbonyl (C=O) groups is 1. The zero-order chi connectivity index (χ0) is 14.1. The first kappa shape index (κ1) is 12.9. The Balaban J connectivity index is 1.89. The third-order valence-electron chi connectivity index (χ3n) is 3.97. The van der Waals surface area contributed by atoms with Gasteiger partial charge in [-0.15, -0.1) is 0 Å². The summed E-state index contributed by atoms with van der Waals surface area (Å²) in [6, 6.07) is 7.96. The maximum atomic E-state index is 11.7. The number of hydrogen-bond donors (Lipinski definition) is 2. The lowest BCUT2D eigenvalue weighted by molar-refractivity contribution is -0.124. The molecule has 2 aromatic rings. The van der Waals surface area contributed by atoms with E-state index >= 15 is 0 Å². The Morgan fingerprint density at radius 3 is 2.85 bits per heavy atom. The number of nitrogens with one attached hydrogen (secondary N) is 1. The van der Waals surface area contributed by atoms with E-state index in [4.69, 9.17) is 5.73 Å². The minimum absolute atomic E-state index is 0.257. The summed E-state index contributed by atoms with van der Waals surface area (Å²) in [5.41, 5.74) is 10.2. The molecule has 5 nitrogen and oxygen atoms in total. The predicted molar refractivity (Wildman–Crippen MR) is 75.7 cm³/mol. The molecule has 3 rings (SSSR count). The summed E-state index contributed by atoms with van der Waals surface area (Å²) in [5, 5.41) is 7.03. The van der Waals surface area contributed by atoms with Gasteiger partial charge in [0.1, 0.15) is 0 Å². The lowest BCUT2D eigenvalue weighted by Gasteiger charge is -2.34. The van der Waals surface area contributed by atoms with Crippen LogP contribution in [0, 0.1) is 6.92 Å². The number of hydrogen-bond acceptors (Lipinski definition) is 3. The van der Waals surface area contributed by atoms with Crippen molar-refractivity contribution in [1.29, 1.82) is 0 Å². The highest BCUT2D eigenvalue weighted by Crippen LogP contribution is 2.24. The van der Waals surface area contributed by atoms with Crippen LogP contribution in [0.3, 0.4) is 0 Å². The molecule has 0 aliphatic carbocycles. The van der Waals surface area contributed by atoms with E-state index in [1.54, 1.807) is 6.20 Å². The molecule has 104 valence electrons. The highest BCUT2D eigenvalue weighted by molar-refractivity contribution is 5.80. The number of benzene rings is 1. The lowest BCUT2D eigenvalue weighted by atomic mass is 9.93. The van der Waals surface area contributed by atoms with Crippen molar-refractivity contribution in [3.8, 4) is 0 Å². The molecule has 0 unspecified atom stereocenters. The van der Waals surface area contributed by atoms with Crippen LogP contribution in [-0.2, 0) is 24.3 Å². The summed E-state index contributed by atoms with van der Waals surface area (Å²) >= 11 is 0. The molecule has 1 aliphatic rings. The summed E-state index contributed by atoms with van der Waals surface area (Å²) in [6.45, 7) is 3.41. The molecular formula is C15H18N4O. The SMILES string of the molecule is Cc1cn[nH]c1CN1Cc2ccccc2C[C@@H]1C(N)=O. The van der Waals surface area contributed by atoms with Gasteiger partial charge in [0.05, 0.1) is 17.9 Å². The summed E-state index contributed by atoms with van der Waals surface area (Å²) in [6.07, 6.45) is 2.48. The van der Waals surface area contributed by atoms with Crippen molar-refractivity contribution in [3.63, 3.8) is 0 Å². The molecule has 0 saturated heterocycles. The Labute approximate surface area is 117 Å².